The number of nitrogens with zero attached hydrogens (tertiary/aromatic N) is 1. The zero-order valence-corrected chi connectivity index (χ0v) is 16.9. The van der Waals surface area contributed by atoms with Gasteiger partial charge in [-0.1, -0.05) is 12.8 Å². The Morgan fingerprint density at radius 1 is 1.32 bits per heavy atom. The molecule has 2 aromatic rings. The van der Waals surface area contributed by atoms with Crippen LogP contribution < -0.4 is 11.1 Å². The lowest BCUT2D eigenvalue weighted by Gasteiger charge is -2.31. The number of carbonyl (C=O) groups is 1. The van der Waals surface area contributed by atoms with Crippen molar-refractivity contribution in [3.05, 3.63) is 28.5 Å². The van der Waals surface area contributed by atoms with Crippen LogP contribution in [0.4, 0.5) is 0 Å². The molecule has 1 amide bonds. The highest BCUT2D eigenvalue weighted by Crippen LogP contribution is 2.30. The van der Waals surface area contributed by atoms with Crippen LogP contribution in [0.25, 0.3) is 10.8 Å². The van der Waals surface area contributed by atoms with Crippen LogP contribution >= 0.6 is 36.2 Å². The number of carbonyl (C=O) groups excluding carboxylic acids is 1. The molecule has 2 atom stereocenters. The molecule has 0 radical (unpaired) electrons. The molecular formula is C17H25Cl2N3O2S. The Labute approximate surface area is 164 Å². The van der Waals surface area contributed by atoms with Crippen molar-refractivity contribution >= 4 is 42.1 Å². The molecule has 140 valence electrons. The average Bonchev–Trinajstić information content (AvgIpc) is 3.13. The predicted octanol–water partition coefficient (Wildman–Crippen LogP) is 4.11. The highest BCUT2D eigenvalue weighted by atomic mass is 35.5. The molecule has 2 aromatic heterocycles. The minimum absolute atomic E-state index is 0. The van der Waals surface area contributed by atoms with Gasteiger partial charge in [-0.2, -0.15) is 0 Å². The van der Waals surface area contributed by atoms with E-state index in [2.05, 4.69) is 10.3 Å². The van der Waals surface area contributed by atoms with E-state index in [1.165, 1.54) is 17.8 Å². The maximum absolute atomic E-state index is 12.6. The zero-order valence-electron chi connectivity index (χ0n) is 14.4. The molecule has 1 fully saturated rings. The second-order valence-corrected chi connectivity index (χ2v) is 7.20. The Kier molecular flexibility index (Phi) is 8.41. The molecule has 0 aliphatic heterocycles. The number of hydrogen-bond acceptors (Lipinski definition) is 5. The molecule has 1 aliphatic carbocycles. The van der Waals surface area contributed by atoms with Gasteiger partial charge in [-0.25, -0.2) is 4.98 Å². The van der Waals surface area contributed by atoms with Crippen molar-refractivity contribution in [2.24, 2.45) is 11.7 Å². The number of thiazole rings is 1. The van der Waals surface area contributed by atoms with Crippen molar-refractivity contribution in [2.45, 2.75) is 45.6 Å². The molecular weight excluding hydrogens is 381 g/mol. The van der Waals surface area contributed by atoms with Crippen LogP contribution in [0.15, 0.2) is 16.5 Å². The van der Waals surface area contributed by atoms with E-state index < -0.39 is 0 Å². The van der Waals surface area contributed by atoms with Crippen molar-refractivity contribution in [2.75, 3.05) is 6.54 Å². The third kappa shape index (κ3) is 4.97. The molecule has 2 unspecified atom stereocenters. The Morgan fingerprint density at radius 3 is 2.68 bits per heavy atom. The molecule has 1 saturated carbocycles. The van der Waals surface area contributed by atoms with Crippen molar-refractivity contribution in [1.29, 1.82) is 0 Å². The second-order valence-electron chi connectivity index (χ2n) is 6.20. The van der Waals surface area contributed by atoms with Gasteiger partial charge in [0.2, 0.25) is 0 Å². The lowest BCUT2D eigenvalue weighted by atomic mass is 9.84. The van der Waals surface area contributed by atoms with Gasteiger partial charge >= 0.3 is 0 Å². The fourth-order valence-corrected chi connectivity index (χ4v) is 4.11. The third-order valence-electron chi connectivity index (χ3n) is 4.48. The van der Waals surface area contributed by atoms with Crippen molar-refractivity contribution in [3.63, 3.8) is 0 Å². The van der Waals surface area contributed by atoms with Gasteiger partial charge in [0.1, 0.15) is 10.6 Å². The molecule has 5 nitrogen and oxygen atoms in total. The van der Waals surface area contributed by atoms with E-state index in [0.29, 0.717) is 23.1 Å². The van der Waals surface area contributed by atoms with E-state index in [-0.39, 0.29) is 36.8 Å². The van der Waals surface area contributed by atoms with E-state index >= 15 is 0 Å². The summed E-state index contributed by atoms with van der Waals surface area (Å²) in [5.41, 5.74) is 6.59. The quantitative estimate of drug-likeness (QED) is 0.801. The standard InChI is InChI=1S/C17H23N3O2S.2ClH/c1-10-7-8-14(22-10)17-19-11(2)15(23-17)16(21)20-13-6-4-3-5-12(13)9-18;;/h7-8,12-13H,3-6,9,18H2,1-2H3,(H,20,21);2*1H. The Bertz CT molecular complexity index is 702. The number of halogens is 2. The van der Waals surface area contributed by atoms with Gasteiger partial charge in [-0.3, -0.25) is 4.79 Å². The van der Waals surface area contributed by atoms with Crippen LogP contribution in [0.1, 0.15) is 46.8 Å². The number of aryl methyl sites for hydroxylation is 2. The summed E-state index contributed by atoms with van der Waals surface area (Å²) in [6.45, 7) is 4.39. The summed E-state index contributed by atoms with van der Waals surface area (Å²) < 4.78 is 5.60. The number of nitrogens with one attached hydrogen (secondary N) is 1. The average molecular weight is 406 g/mol. The first-order valence-corrected chi connectivity index (χ1v) is 8.95. The van der Waals surface area contributed by atoms with Gasteiger partial charge in [0.05, 0.1) is 5.69 Å². The summed E-state index contributed by atoms with van der Waals surface area (Å²) in [7, 11) is 0. The number of hydrogen-bond donors (Lipinski definition) is 2. The van der Waals surface area contributed by atoms with E-state index in [9.17, 15) is 4.79 Å². The molecule has 3 rings (SSSR count). The van der Waals surface area contributed by atoms with Gasteiger partial charge in [0.25, 0.3) is 5.91 Å². The topological polar surface area (TPSA) is 81.2 Å². The maximum Gasteiger partial charge on any atom is 0.263 e. The van der Waals surface area contributed by atoms with Crippen molar-refractivity contribution in [3.8, 4) is 10.8 Å². The molecule has 0 saturated heterocycles. The fraction of sp³-hybridized carbons (Fsp3) is 0.529. The van der Waals surface area contributed by atoms with Gasteiger partial charge in [0, 0.05) is 6.04 Å². The second kappa shape index (κ2) is 9.57. The summed E-state index contributed by atoms with van der Waals surface area (Å²) in [6, 6.07) is 3.97. The van der Waals surface area contributed by atoms with Crippen LogP contribution in [-0.4, -0.2) is 23.5 Å². The smallest absolute Gasteiger partial charge is 0.263 e. The third-order valence-corrected chi connectivity index (χ3v) is 5.65. The highest BCUT2D eigenvalue weighted by molar-refractivity contribution is 7.17. The first-order valence-electron chi connectivity index (χ1n) is 8.13. The minimum atomic E-state index is -0.0418. The number of aromatic nitrogens is 1. The molecule has 8 heteroatoms. The normalized spacial score (nSPS) is 19.6. The van der Waals surface area contributed by atoms with Crippen LogP contribution in [0.3, 0.4) is 0 Å². The number of amides is 1. The molecule has 0 aromatic carbocycles. The van der Waals surface area contributed by atoms with Gasteiger partial charge in [-0.05, 0) is 51.3 Å². The highest BCUT2D eigenvalue weighted by Gasteiger charge is 2.27. The molecule has 0 spiro atoms. The Hall–Kier alpha value is -1.08. The summed E-state index contributed by atoms with van der Waals surface area (Å²) in [4.78, 5) is 17.8. The van der Waals surface area contributed by atoms with E-state index in [4.69, 9.17) is 10.2 Å². The lowest BCUT2D eigenvalue weighted by Crippen LogP contribution is -2.44. The fourth-order valence-electron chi connectivity index (χ4n) is 3.18. The Morgan fingerprint density at radius 2 is 2.04 bits per heavy atom. The van der Waals surface area contributed by atoms with Crippen molar-refractivity contribution in [1.82, 2.24) is 10.3 Å². The SMILES string of the molecule is Cc1ccc(-c2nc(C)c(C(=O)NC3CCCCC3CN)s2)o1.Cl.Cl. The van der Waals surface area contributed by atoms with Gasteiger partial charge < -0.3 is 15.5 Å². The van der Waals surface area contributed by atoms with Crippen LogP contribution in [0, 0.1) is 19.8 Å². The van der Waals surface area contributed by atoms with Crippen LogP contribution in [-0.2, 0) is 0 Å². The summed E-state index contributed by atoms with van der Waals surface area (Å²) in [5, 5.41) is 3.92. The largest absolute Gasteiger partial charge is 0.459 e. The zero-order chi connectivity index (χ0) is 16.4. The summed E-state index contributed by atoms with van der Waals surface area (Å²) in [5.74, 6) is 1.90. The summed E-state index contributed by atoms with van der Waals surface area (Å²) in [6.07, 6.45) is 4.46. The van der Waals surface area contributed by atoms with Gasteiger partial charge in [-0.15, -0.1) is 36.2 Å². The monoisotopic (exact) mass is 405 g/mol. The maximum atomic E-state index is 12.6. The van der Waals surface area contributed by atoms with E-state index in [0.717, 1.165) is 35.7 Å². The van der Waals surface area contributed by atoms with Crippen molar-refractivity contribution < 1.29 is 9.21 Å². The number of rotatable bonds is 4. The van der Waals surface area contributed by atoms with Gasteiger partial charge in [0.15, 0.2) is 10.8 Å². The van der Waals surface area contributed by atoms with Crippen LogP contribution in [0.5, 0.6) is 0 Å². The molecule has 0 bridgehead atoms. The van der Waals surface area contributed by atoms with E-state index in [1.54, 1.807) is 0 Å². The first kappa shape index (κ1) is 22.0. The molecule has 2 heterocycles. The molecule has 1 aliphatic rings. The molecule has 25 heavy (non-hydrogen) atoms. The Balaban J connectivity index is 0.00000156. The molecule has 3 N–H and O–H groups in total. The van der Waals surface area contributed by atoms with Crippen LogP contribution in [0.2, 0.25) is 0 Å². The number of nitrogens with two attached hydrogens (primary N) is 1. The minimum Gasteiger partial charge on any atom is -0.459 e. The first-order chi connectivity index (χ1) is 11.1. The van der Waals surface area contributed by atoms with E-state index in [1.807, 2.05) is 26.0 Å². The lowest BCUT2D eigenvalue weighted by molar-refractivity contribution is 0.0911. The number of furan rings is 1. The summed E-state index contributed by atoms with van der Waals surface area (Å²) >= 11 is 1.38. The predicted molar refractivity (Wildman–Crippen MR) is 106 cm³/mol.